The fourth-order valence-corrected chi connectivity index (χ4v) is 5.38. The van der Waals surface area contributed by atoms with Gasteiger partial charge in [-0.25, -0.2) is 0 Å². The lowest BCUT2D eigenvalue weighted by Crippen LogP contribution is -2.57. The summed E-state index contributed by atoms with van der Waals surface area (Å²) >= 11 is 0. The first-order valence-electron chi connectivity index (χ1n) is 12.9. The van der Waals surface area contributed by atoms with Crippen molar-refractivity contribution >= 4 is 23.6 Å². The van der Waals surface area contributed by atoms with Crippen molar-refractivity contribution in [1.29, 1.82) is 0 Å². The van der Waals surface area contributed by atoms with Gasteiger partial charge in [0.15, 0.2) is 0 Å². The van der Waals surface area contributed by atoms with Gasteiger partial charge in [0.25, 0.3) is 5.91 Å². The molecule has 0 aromatic heterocycles. The third kappa shape index (κ3) is 6.04. The van der Waals surface area contributed by atoms with Crippen LogP contribution in [0.2, 0.25) is 0 Å². The van der Waals surface area contributed by atoms with Gasteiger partial charge < -0.3 is 35.0 Å². The molecule has 0 spiro atoms. The van der Waals surface area contributed by atoms with E-state index >= 15 is 0 Å². The number of ether oxygens (including phenoxy) is 2. The SMILES string of the molecule is COC[C@@H]1CCCN1C(=O)[C@@H]1CC(=O)N[C@@H]([C@@H](C)O)C(=O)N2CCC[C@@H]2COc2ccccc2C(=O)N1. The molecule has 3 aliphatic heterocycles. The number of rotatable bonds is 4. The van der Waals surface area contributed by atoms with Gasteiger partial charge in [-0.1, -0.05) is 12.1 Å². The molecule has 0 bridgehead atoms. The molecule has 3 aliphatic rings. The number of likely N-dealkylation sites (tertiary alicyclic amines) is 1. The summed E-state index contributed by atoms with van der Waals surface area (Å²) in [6.45, 7) is 2.92. The van der Waals surface area contributed by atoms with E-state index in [9.17, 15) is 24.3 Å². The molecule has 5 atom stereocenters. The van der Waals surface area contributed by atoms with Crippen LogP contribution in [0.1, 0.15) is 49.4 Å². The Hall–Kier alpha value is -3.18. The van der Waals surface area contributed by atoms with E-state index in [2.05, 4.69) is 10.6 Å². The molecule has 0 saturated carbocycles. The quantitative estimate of drug-likeness (QED) is 0.515. The van der Waals surface area contributed by atoms with E-state index in [1.165, 1.54) is 6.92 Å². The summed E-state index contributed by atoms with van der Waals surface area (Å²) in [6, 6.07) is 3.94. The van der Waals surface area contributed by atoms with Crippen LogP contribution in [0.5, 0.6) is 5.75 Å². The van der Waals surface area contributed by atoms with Crippen molar-refractivity contribution in [3.05, 3.63) is 29.8 Å². The molecule has 1 aromatic rings. The Morgan fingerprint density at radius 1 is 1.16 bits per heavy atom. The minimum absolute atomic E-state index is 0.153. The first-order chi connectivity index (χ1) is 17.8. The molecular formula is C26H36N4O7. The number of hydrogen-bond donors (Lipinski definition) is 3. The van der Waals surface area contributed by atoms with Gasteiger partial charge in [-0.15, -0.1) is 0 Å². The molecule has 11 nitrogen and oxygen atoms in total. The van der Waals surface area contributed by atoms with Gasteiger partial charge in [0.2, 0.25) is 17.7 Å². The maximum absolute atomic E-state index is 13.6. The van der Waals surface area contributed by atoms with Crippen molar-refractivity contribution in [1.82, 2.24) is 20.4 Å². The number of nitrogens with zero attached hydrogens (tertiary/aromatic N) is 2. The van der Waals surface area contributed by atoms with Crippen molar-refractivity contribution in [3.8, 4) is 5.75 Å². The Bertz CT molecular complexity index is 1020. The van der Waals surface area contributed by atoms with E-state index in [1.807, 2.05) is 0 Å². The zero-order chi connectivity index (χ0) is 26.5. The summed E-state index contributed by atoms with van der Waals surface area (Å²) in [6.07, 6.45) is 1.48. The number of benzene rings is 1. The van der Waals surface area contributed by atoms with Crippen LogP contribution in [-0.4, -0.2) is 102 Å². The lowest BCUT2D eigenvalue weighted by molar-refractivity contribution is -0.141. The lowest BCUT2D eigenvalue weighted by atomic mass is 10.1. The third-order valence-electron chi connectivity index (χ3n) is 7.30. The lowest BCUT2D eigenvalue weighted by Gasteiger charge is -2.32. The maximum Gasteiger partial charge on any atom is 0.255 e. The molecule has 2 saturated heterocycles. The van der Waals surface area contributed by atoms with Gasteiger partial charge in [-0.2, -0.15) is 0 Å². The largest absolute Gasteiger partial charge is 0.491 e. The molecule has 2 fully saturated rings. The highest BCUT2D eigenvalue weighted by Gasteiger charge is 2.39. The van der Waals surface area contributed by atoms with Crippen molar-refractivity contribution in [2.24, 2.45) is 0 Å². The van der Waals surface area contributed by atoms with Crippen molar-refractivity contribution < 1.29 is 33.8 Å². The number of carbonyl (C=O) groups is 4. The summed E-state index contributed by atoms with van der Waals surface area (Å²) < 4.78 is 11.3. The van der Waals surface area contributed by atoms with E-state index in [0.717, 1.165) is 19.3 Å². The van der Waals surface area contributed by atoms with E-state index in [0.29, 0.717) is 31.9 Å². The fourth-order valence-electron chi connectivity index (χ4n) is 5.38. The second-order valence-electron chi connectivity index (χ2n) is 9.93. The number of para-hydroxylation sites is 1. The molecule has 4 rings (SSSR count). The smallest absolute Gasteiger partial charge is 0.255 e. The molecule has 0 aliphatic carbocycles. The molecule has 3 heterocycles. The summed E-state index contributed by atoms with van der Waals surface area (Å²) in [7, 11) is 1.56. The Morgan fingerprint density at radius 3 is 2.68 bits per heavy atom. The fraction of sp³-hybridized carbons (Fsp3) is 0.615. The Kier molecular flexibility index (Phi) is 8.65. The van der Waals surface area contributed by atoms with Crippen LogP contribution in [0.25, 0.3) is 0 Å². The Morgan fingerprint density at radius 2 is 1.92 bits per heavy atom. The number of aliphatic hydroxyl groups is 1. The number of carbonyl (C=O) groups excluding carboxylic acids is 4. The molecule has 11 heteroatoms. The maximum atomic E-state index is 13.6. The topological polar surface area (TPSA) is 138 Å². The molecular weight excluding hydrogens is 480 g/mol. The molecule has 1 aromatic carbocycles. The summed E-state index contributed by atoms with van der Waals surface area (Å²) in [4.78, 5) is 56.7. The first-order valence-corrected chi connectivity index (χ1v) is 12.9. The number of fused-ring (bicyclic) bond motifs is 2. The average molecular weight is 517 g/mol. The average Bonchev–Trinajstić information content (AvgIpc) is 3.54. The van der Waals surface area contributed by atoms with Crippen LogP contribution in [0.15, 0.2) is 24.3 Å². The van der Waals surface area contributed by atoms with E-state index in [-0.39, 0.29) is 30.7 Å². The molecule has 0 unspecified atom stereocenters. The summed E-state index contributed by atoms with van der Waals surface area (Å²) in [5.41, 5.74) is 0.241. The zero-order valence-corrected chi connectivity index (χ0v) is 21.4. The summed E-state index contributed by atoms with van der Waals surface area (Å²) in [5.74, 6) is -1.61. The summed E-state index contributed by atoms with van der Waals surface area (Å²) in [5, 5.41) is 15.7. The number of aliphatic hydroxyl groups excluding tert-OH is 1. The van der Waals surface area contributed by atoms with Gasteiger partial charge in [-0.05, 0) is 44.7 Å². The van der Waals surface area contributed by atoms with Crippen LogP contribution >= 0.6 is 0 Å². The zero-order valence-electron chi connectivity index (χ0n) is 21.4. The van der Waals surface area contributed by atoms with E-state index in [4.69, 9.17) is 9.47 Å². The van der Waals surface area contributed by atoms with Crippen molar-refractivity contribution in [2.75, 3.05) is 33.4 Å². The minimum atomic E-state index is -1.18. The number of hydrogen-bond acceptors (Lipinski definition) is 7. The Balaban J connectivity index is 1.66. The standard InChI is InChI=1S/C26H36N4O7/c1-16(31)23-26(35)30-12-6-8-18(30)15-37-21-10-4-3-9-19(21)24(33)27-20(13-22(32)28-23)25(34)29-11-5-7-17(29)14-36-2/h3-4,9-10,16-18,20,23,31H,5-8,11-15H2,1-2H3,(H,27,33)(H,28,32)/t16-,17+,18-,20+,23+/m1/s1. The normalized spacial score (nSPS) is 27.9. The Labute approximate surface area is 216 Å². The van der Waals surface area contributed by atoms with Gasteiger partial charge in [0, 0.05) is 20.2 Å². The highest BCUT2D eigenvalue weighted by molar-refractivity contribution is 6.01. The molecule has 37 heavy (non-hydrogen) atoms. The van der Waals surface area contributed by atoms with Gasteiger partial charge in [-0.3, -0.25) is 19.2 Å². The van der Waals surface area contributed by atoms with Gasteiger partial charge >= 0.3 is 0 Å². The third-order valence-corrected chi connectivity index (χ3v) is 7.30. The number of amides is 4. The van der Waals surface area contributed by atoms with Crippen molar-refractivity contribution in [2.45, 2.75) is 69.3 Å². The van der Waals surface area contributed by atoms with E-state index < -0.39 is 41.8 Å². The number of methoxy groups -OCH3 is 1. The van der Waals surface area contributed by atoms with Gasteiger partial charge in [0.1, 0.15) is 24.4 Å². The van der Waals surface area contributed by atoms with Crippen LogP contribution in [0.3, 0.4) is 0 Å². The second kappa shape index (κ2) is 11.9. The van der Waals surface area contributed by atoms with Gasteiger partial charge in [0.05, 0.1) is 36.8 Å². The predicted octanol–water partition coefficient (Wildman–Crippen LogP) is 0.0615. The molecule has 4 amide bonds. The van der Waals surface area contributed by atoms with Crippen molar-refractivity contribution in [3.63, 3.8) is 0 Å². The molecule has 3 N–H and O–H groups in total. The predicted molar refractivity (Wildman–Crippen MR) is 133 cm³/mol. The first kappa shape index (κ1) is 26.9. The van der Waals surface area contributed by atoms with Crippen LogP contribution in [0, 0.1) is 0 Å². The van der Waals surface area contributed by atoms with E-state index in [1.54, 1.807) is 41.2 Å². The highest BCUT2D eigenvalue weighted by atomic mass is 16.5. The molecule has 202 valence electrons. The highest BCUT2D eigenvalue weighted by Crippen LogP contribution is 2.25. The van der Waals surface area contributed by atoms with Crippen LogP contribution in [-0.2, 0) is 19.1 Å². The minimum Gasteiger partial charge on any atom is -0.491 e. The molecule has 0 radical (unpaired) electrons. The van der Waals surface area contributed by atoms with Crippen LogP contribution in [0.4, 0.5) is 0 Å². The monoisotopic (exact) mass is 516 g/mol. The van der Waals surface area contributed by atoms with Crippen LogP contribution < -0.4 is 15.4 Å². The second-order valence-corrected chi connectivity index (χ2v) is 9.93. The number of nitrogens with one attached hydrogen (secondary N) is 2.